The number of nitrogens with zero attached hydrogens (tertiary/aromatic N) is 1. The molecular weight excluding hydrogens is 274 g/mol. The highest BCUT2D eigenvalue weighted by Gasteiger charge is 2.03. The van der Waals surface area contributed by atoms with Crippen LogP contribution in [0.2, 0.25) is 0 Å². The first-order valence-corrected chi connectivity index (χ1v) is 5.51. The zero-order chi connectivity index (χ0) is 12.0. The van der Waals surface area contributed by atoms with Crippen LogP contribution >= 0.6 is 15.9 Å². The van der Waals surface area contributed by atoms with Gasteiger partial charge in [-0.2, -0.15) is 0 Å². The smallest absolute Gasteiger partial charge is 0.330 e. The van der Waals surface area contributed by atoms with E-state index in [2.05, 4.69) is 20.9 Å². The summed E-state index contributed by atoms with van der Waals surface area (Å²) < 4.78 is 10.6. The van der Waals surface area contributed by atoms with Crippen molar-refractivity contribution in [2.45, 2.75) is 6.92 Å². The van der Waals surface area contributed by atoms with Gasteiger partial charge in [-0.15, -0.1) is 0 Å². The number of carbonyl (C=O) groups is 1. The summed E-state index contributed by atoms with van der Waals surface area (Å²) in [4.78, 5) is 15.2. The molecule has 0 aliphatic rings. The number of methoxy groups -OCH3 is 1. The quantitative estimate of drug-likeness (QED) is 0.630. The average Bonchev–Trinajstić information content (AvgIpc) is 2.27. The van der Waals surface area contributed by atoms with Crippen LogP contribution in [0.4, 0.5) is 0 Å². The summed E-state index contributed by atoms with van der Waals surface area (Å²) in [5.74, 6) is 0.0771. The Bertz CT molecular complexity index is 404. The average molecular weight is 286 g/mol. The van der Waals surface area contributed by atoms with Crippen molar-refractivity contribution in [3.8, 4) is 5.88 Å². The fourth-order valence-electron chi connectivity index (χ4n) is 1.08. The van der Waals surface area contributed by atoms with E-state index in [1.807, 2.05) is 6.07 Å². The second-order valence-electron chi connectivity index (χ2n) is 2.84. The van der Waals surface area contributed by atoms with E-state index in [1.54, 1.807) is 19.2 Å². The number of hydrogen-bond acceptors (Lipinski definition) is 4. The molecule has 0 amide bonds. The van der Waals surface area contributed by atoms with E-state index in [4.69, 9.17) is 9.47 Å². The molecule has 1 aromatic heterocycles. The molecule has 0 saturated heterocycles. The van der Waals surface area contributed by atoms with Crippen molar-refractivity contribution in [3.63, 3.8) is 0 Å². The number of rotatable bonds is 4. The Hall–Kier alpha value is -1.36. The Kier molecular flexibility index (Phi) is 4.98. The van der Waals surface area contributed by atoms with Gasteiger partial charge in [0, 0.05) is 22.3 Å². The van der Waals surface area contributed by atoms with Crippen LogP contribution in [0.25, 0.3) is 6.08 Å². The molecule has 86 valence electrons. The van der Waals surface area contributed by atoms with Crippen LogP contribution in [0.15, 0.2) is 22.8 Å². The van der Waals surface area contributed by atoms with E-state index in [1.165, 1.54) is 13.2 Å². The van der Waals surface area contributed by atoms with Crippen LogP contribution in [0.5, 0.6) is 5.88 Å². The number of aromatic nitrogens is 1. The van der Waals surface area contributed by atoms with Crippen molar-refractivity contribution in [1.82, 2.24) is 4.98 Å². The van der Waals surface area contributed by atoms with Gasteiger partial charge in [-0.3, -0.25) is 0 Å². The van der Waals surface area contributed by atoms with Gasteiger partial charge in [-0.25, -0.2) is 9.78 Å². The van der Waals surface area contributed by atoms with E-state index >= 15 is 0 Å². The Balaban J connectivity index is 2.86. The molecule has 16 heavy (non-hydrogen) atoms. The van der Waals surface area contributed by atoms with Crippen molar-refractivity contribution in [3.05, 3.63) is 28.4 Å². The predicted octanol–water partition coefficient (Wildman–Crippen LogP) is 2.43. The molecule has 0 N–H and O–H groups in total. The molecule has 0 aliphatic heterocycles. The molecule has 0 radical (unpaired) electrons. The highest BCUT2D eigenvalue weighted by molar-refractivity contribution is 9.10. The summed E-state index contributed by atoms with van der Waals surface area (Å²) in [5.41, 5.74) is 0.713. The van der Waals surface area contributed by atoms with Crippen LogP contribution in [0.3, 0.4) is 0 Å². The minimum absolute atomic E-state index is 0.358. The van der Waals surface area contributed by atoms with Gasteiger partial charge in [0.05, 0.1) is 13.7 Å². The zero-order valence-electron chi connectivity index (χ0n) is 9.07. The molecule has 0 spiro atoms. The maximum absolute atomic E-state index is 11.1. The molecule has 4 nitrogen and oxygen atoms in total. The lowest BCUT2D eigenvalue weighted by atomic mass is 10.2. The minimum Gasteiger partial charge on any atom is -0.481 e. The SMILES string of the molecule is CCOC(=O)/C=C\c1cc(Br)cnc1OC. The molecule has 0 saturated carbocycles. The molecule has 0 fully saturated rings. The largest absolute Gasteiger partial charge is 0.481 e. The third-order valence-corrected chi connectivity index (χ3v) is 2.16. The highest BCUT2D eigenvalue weighted by atomic mass is 79.9. The number of carbonyl (C=O) groups excluding carboxylic acids is 1. The number of esters is 1. The second-order valence-corrected chi connectivity index (χ2v) is 3.75. The van der Waals surface area contributed by atoms with Gasteiger partial charge in [0.25, 0.3) is 0 Å². The van der Waals surface area contributed by atoms with E-state index in [0.717, 1.165) is 4.47 Å². The lowest BCUT2D eigenvalue weighted by Gasteiger charge is -2.03. The van der Waals surface area contributed by atoms with Crippen LogP contribution in [0.1, 0.15) is 12.5 Å². The maximum atomic E-state index is 11.1. The third-order valence-electron chi connectivity index (χ3n) is 1.72. The van der Waals surface area contributed by atoms with Crippen LogP contribution < -0.4 is 4.74 Å². The fraction of sp³-hybridized carbons (Fsp3) is 0.273. The molecule has 0 aromatic carbocycles. The zero-order valence-corrected chi connectivity index (χ0v) is 10.7. The molecule has 1 rings (SSSR count). The summed E-state index contributed by atoms with van der Waals surface area (Å²) in [6, 6.07) is 1.81. The van der Waals surface area contributed by atoms with Gasteiger partial charge < -0.3 is 9.47 Å². The highest BCUT2D eigenvalue weighted by Crippen LogP contribution is 2.20. The maximum Gasteiger partial charge on any atom is 0.330 e. The summed E-state index contributed by atoms with van der Waals surface area (Å²) >= 11 is 3.30. The molecule has 0 aliphatic carbocycles. The molecule has 1 heterocycles. The van der Waals surface area contributed by atoms with Gasteiger partial charge >= 0.3 is 5.97 Å². The summed E-state index contributed by atoms with van der Waals surface area (Å²) in [7, 11) is 1.53. The molecule has 0 bridgehead atoms. The Morgan fingerprint density at radius 3 is 3.00 bits per heavy atom. The van der Waals surface area contributed by atoms with Gasteiger partial charge in [0.2, 0.25) is 5.88 Å². The molecular formula is C11H12BrNO3. The van der Waals surface area contributed by atoms with Crippen LogP contribution in [-0.2, 0) is 9.53 Å². The summed E-state index contributed by atoms with van der Waals surface area (Å²) in [6.07, 6.45) is 4.57. The van der Waals surface area contributed by atoms with Crippen LogP contribution in [0, 0.1) is 0 Å². The van der Waals surface area contributed by atoms with Crippen molar-refractivity contribution in [1.29, 1.82) is 0 Å². The van der Waals surface area contributed by atoms with Gasteiger partial charge in [-0.05, 0) is 35.0 Å². The Labute approximate surface area is 102 Å². The first-order chi connectivity index (χ1) is 7.67. The van der Waals surface area contributed by atoms with E-state index in [9.17, 15) is 4.79 Å². The molecule has 0 atom stereocenters. The number of ether oxygens (including phenoxy) is 2. The molecule has 1 aromatic rings. The van der Waals surface area contributed by atoms with Crippen molar-refractivity contribution in [2.24, 2.45) is 0 Å². The lowest BCUT2D eigenvalue weighted by molar-refractivity contribution is -0.137. The predicted molar refractivity (Wildman–Crippen MR) is 64.2 cm³/mol. The summed E-state index contributed by atoms with van der Waals surface area (Å²) in [5, 5.41) is 0. The van der Waals surface area contributed by atoms with Gasteiger partial charge in [0.1, 0.15) is 0 Å². The summed E-state index contributed by atoms with van der Waals surface area (Å²) in [6.45, 7) is 2.12. The number of pyridine rings is 1. The van der Waals surface area contributed by atoms with Crippen molar-refractivity contribution in [2.75, 3.05) is 13.7 Å². The monoisotopic (exact) mass is 285 g/mol. The van der Waals surface area contributed by atoms with Crippen molar-refractivity contribution >= 4 is 28.0 Å². The normalized spacial score (nSPS) is 10.4. The Morgan fingerprint density at radius 1 is 1.62 bits per heavy atom. The standard InChI is InChI=1S/C11H12BrNO3/c1-3-16-10(14)5-4-8-6-9(12)7-13-11(8)15-2/h4-7H,3H2,1-2H3/b5-4-. The van der Waals surface area contributed by atoms with Gasteiger partial charge in [0.15, 0.2) is 0 Å². The third kappa shape index (κ3) is 3.66. The van der Waals surface area contributed by atoms with Gasteiger partial charge in [-0.1, -0.05) is 0 Å². The topological polar surface area (TPSA) is 48.4 Å². The van der Waals surface area contributed by atoms with E-state index < -0.39 is 0 Å². The first-order valence-electron chi connectivity index (χ1n) is 4.71. The number of hydrogen-bond donors (Lipinski definition) is 0. The van der Waals surface area contributed by atoms with Crippen LogP contribution in [-0.4, -0.2) is 24.7 Å². The molecule has 5 heteroatoms. The lowest BCUT2D eigenvalue weighted by Crippen LogP contribution is -1.99. The first kappa shape index (κ1) is 12.7. The van der Waals surface area contributed by atoms with E-state index in [-0.39, 0.29) is 5.97 Å². The second kappa shape index (κ2) is 6.27. The van der Waals surface area contributed by atoms with Crippen molar-refractivity contribution < 1.29 is 14.3 Å². The Morgan fingerprint density at radius 2 is 2.38 bits per heavy atom. The van der Waals surface area contributed by atoms with E-state index in [0.29, 0.717) is 18.1 Å². The minimum atomic E-state index is -0.385. The molecule has 0 unspecified atom stereocenters. The fourth-order valence-corrected chi connectivity index (χ4v) is 1.43. The number of halogens is 1.